The molecule has 1 aromatic rings. The Labute approximate surface area is 115 Å². The van der Waals surface area contributed by atoms with Crippen molar-refractivity contribution in [3.8, 4) is 0 Å². The highest BCUT2D eigenvalue weighted by atomic mass is 19.1. The molecule has 19 heavy (non-hydrogen) atoms. The summed E-state index contributed by atoms with van der Waals surface area (Å²) in [5, 5.41) is 10.9. The molecule has 0 unspecified atom stereocenters. The van der Waals surface area contributed by atoms with Crippen molar-refractivity contribution in [2.75, 3.05) is 0 Å². The van der Waals surface area contributed by atoms with Crippen LogP contribution in [-0.2, 0) is 5.60 Å². The van der Waals surface area contributed by atoms with Crippen LogP contribution in [0.25, 0.3) is 0 Å². The summed E-state index contributed by atoms with van der Waals surface area (Å²) in [6.07, 6.45) is 3.64. The van der Waals surface area contributed by atoms with E-state index in [1.54, 1.807) is 6.07 Å². The quantitative estimate of drug-likeness (QED) is 0.788. The molecular formula is C17H25FO. The Kier molecular flexibility index (Phi) is 3.74. The van der Waals surface area contributed by atoms with Crippen LogP contribution in [0, 0.1) is 24.1 Å². The Morgan fingerprint density at radius 1 is 1.21 bits per heavy atom. The van der Waals surface area contributed by atoms with Gasteiger partial charge in [-0.1, -0.05) is 26.8 Å². The summed E-state index contributed by atoms with van der Waals surface area (Å²) < 4.78 is 13.2. The van der Waals surface area contributed by atoms with E-state index in [0.29, 0.717) is 11.3 Å². The molecule has 0 aliphatic heterocycles. The van der Waals surface area contributed by atoms with Crippen LogP contribution < -0.4 is 0 Å². The summed E-state index contributed by atoms with van der Waals surface area (Å²) in [7, 11) is 0. The lowest BCUT2D eigenvalue weighted by atomic mass is 9.66. The van der Waals surface area contributed by atoms with Crippen molar-refractivity contribution >= 4 is 0 Å². The number of aryl methyl sites for hydroxylation is 1. The molecule has 0 radical (unpaired) electrons. The number of halogens is 1. The number of hydrogen-bond acceptors (Lipinski definition) is 1. The molecule has 2 rings (SSSR count). The van der Waals surface area contributed by atoms with Gasteiger partial charge >= 0.3 is 0 Å². The van der Waals surface area contributed by atoms with Crippen LogP contribution in [0.4, 0.5) is 4.39 Å². The summed E-state index contributed by atoms with van der Waals surface area (Å²) in [6, 6.07) is 4.72. The molecule has 1 saturated carbocycles. The average Bonchev–Trinajstić information content (AvgIpc) is 2.27. The number of hydrogen-bond donors (Lipinski definition) is 1. The predicted octanol–water partition coefficient (Wildman–Crippen LogP) is 4.56. The monoisotopic (exact) mass is 264 g/mol. The van der Waals surface area contributed by atoms with E-state index in [4.69, 9.17) is 0 Å². The van der Waals surface area contributed by atoms with E-state index in [1.807, 2.05) is 6.92 Å². The van der Waals surface area contributed by atoms with Crippen LogP contribution >= 0.6 is 0 Å². The van der Waals surface area contributed by atoms with Gasteiger partial charge in [0.2, 0.25) is 0 Å². The molecule has 0 atom stereocenters. The van der Waals surface area contributed by atoms with Crippen LogP contribution in [0.3, 0.4) is 0 Å². The lowest BCUT2D eigenvalue weighted by molar-refractivity contribution is -0.0302. The SMILES string of the molecule is Cc1cc(F)ccc1C1(O)CCC(C(C)(C)C)CC1. The van der Waals surface area contributed by atoms with Crippen LogP contribution in [0.1, 0.15) is 57.6 Å². The number of benzene rings is 1. The molecule has 1 aliphatic carbocycles. The molecule has 1 aliphatic rings. The zero-order valence-electron chi connectivity index (χ0n) is 12.5. The molecule has 0 bridgehead atoms. The third-order valence-corrected chi connectivity index (χ3v) is 4.73. The molecule has 1 nitrogen and oxygen atoms in total. The standard InChI is InChI=1S/C17H25FO/c1-12-11-14(18)5-6-15(12)17(19)9-7-13(8-10-17)16(2,3)4/h5-6,11,13,19H,7-10H2,1-4H3. The molecule has 1 N–H and O–H groups in total. The Morgan fingerprint density at radius 3 is 2.26 bits per heavy atom. The molecule has 0 aromatic heterocycles. The molecule has 2 heteroatoms. The van der Waals surface area contributed by atoms with Crippen molar-refractivity contribution in [2.45, 2.75) is 59.0 Å². The summed E-state index contributed by atoms with van der Waals surface area (Å²) in [4.78, 5) is 0. The van der Waals surface area contributed by atoms with E-state index < -0.39 is 5.60 Å². The van der Waals surface area contributed by atoms with Gasteiger partial charge < -0.3 is 5.11 Å². The third kappa shape index (κ3) is 3.00. The van der Waals surface area contributed by atoms with Crippen molar-refractivity contribution in [1.82, 2.24) is 0 Å². The van der Waals surface area contributed by atoms with E-state index in [1.165, 1.54) is 12.1 Å². The predicted molar refractivity (Wildman–Crippen MR) is 76.4 cm³/mol. The van der Waals surface area contributed by atoms with Gasteiger partial charge in [-0.25, -0.2) is 4.39 Å². The molecule has 0 spiro atoms. The second-order valence-corrected chi connectivity index (χ2v) is 7.13. The molecule has 0 amide bonds. The molecule has 0 heterocycles. The summed E-state index contributed by atoms with van der Waals surface area (Å²) >= 11 is 0. The van der Waals surface area contributed by atoms with Gasteiger partial charge in [-0.15, -0.1) is 0 Å². The highest BCUT2D eigenvalue weighted by molar-refractivity contribution is 5.32. The molecule has 106 valence electrons. The number of rotatable bonds is 1. The Balaban J connectivity index is 2.18. The second kappa shape index (κ2) is 4.90. The second-order valence-electron chi connectivity index (χ2n) is 7.13. The van der Waals surface area contributed by atoms with Crippen molar-refractivity contribution in [3.05, 3.63) is 35.1 Å². The first kappa shape index (κ1) is 14.5. The largest absolute Gasteiger partial charge is 0.385 e. The van der Waals surface area contributed by atoms with Gasteiger partial charge in [0, 0.05) is 0 Å². The molecular weight excluding hydrogens is 239 g/mol. The van der Waals surface area contributed by atoms with Crippen LogP contribution in [-0.4, -0.2) is 5.11 Å². The fourth-order valence-corrected chi connectivity index (χ4v) is 3.38. The first-order chi connectivity index (χ1) is 8.72. The van der Waals surface area contributed by atoms with Gasteiger partial charge in [0.15, 0.2) is 0 Å². The van der Waals surface area contributed by atoms with Gasteiger partial charge in [-0.3, -0.25) is 0 Å². The fraction of sp³-hybridized carbons (Fsp3) is 0.647. The number of aliphatic hydroxyl groups is 1. The van der Waals surface area contributed by atoms with Crippen molar-refractivity contribution in [2.24, 2.45) is 11.3 Å². The van der Waals surface area contributed by atoms with E-state index >= 15 is 0 Å². The van der Waals surface area contributed by atoms with E-state index in [2.05, 4.69) is 20.8 Å². The summed E-state index contributed by atoms with van der Waals surface area (Å²) in [6.45, 7) is 8.69. The highest BCUT2D eigenvalue weighted by Crippen LogP contribution is 2.46. The van der Waals surface area contributed by atoms with E-state index in [0.717, 1.165) is 36.8 Å². The lowest BCUT2D eigenvalue weighted by Crippen LogP contribution is -2.36. The van der Waals surface area contributed by atoms with Gasteiger partial charge in [0.1, 0.15) is 5.82 Å². The minimum atomic E-state index is -0.764. The topological polar surface area (TPSA) is 20.2 Å². The summed E-state index contributed by atoms with van der Waals surface area (Å²) in [5.74, 6) is 0.432. The highest BCUT2D eigenvalue weighted by Gasteiger charge is 2.39. The molecule has 1 fully saturated rings. The normalized spacial score (nSPS) is 28.4. The van der Waals surface area contributed by atoms with Crippen molar-refractivity contribution < 1.29 is 9.50 Å². The summed E-state index contributed by atoms with van der Waals surface area (Å²) in [5.41, 5.74) is 1.30. The van der Waals surface area contributed by atoms with Crippen molar-refractivity contribution in [3.63, 3.8) is 0 Å². The Hall–Kier alpha value is -0.890. The van der Waals surface area contributed by atoms with Gasteiger partial charge in [0.25, 0.3) is 0 Å². The van der Waals surface area contributed by atoms with E-state index in [-0.39, 0.29) is 5.82 Å². The van der Waals surface area contributed by atoms with Gasteiger partial charge in [0.05, 0.1) is 5.60 Å². The Bertz CT molecular complexity index is 451. The fourth-order valence-electron chi connectivity index (χ4n) is 3.38. The Morgan fingerprint density at radius 2 is 1.79 bits per heavy atom. The third-order valence-electron chi connectivity index (χ3n) is 4.73. The van der Waals surface area contributed by atoms with Crippen molar-refractivity contribution in [1.29, 1.82) is 0 Å². The van der Waals surface area contributed by atoms with Crippen LogP contribution in [0.15, 0.2) is 18.2 Å². The lowest BCUT2D eigenvalue weighted by Gasteiger charge is -2.42. The van der Waals surface area contributed by atoms with Crippen LogP contribution in [0.2, 0.25) is 0 Å². The molecule has 0 saturated heterocycles. The first-order valence-corrected chi connectivity index (χ1v) is 7.21. The zero-order valence-corrected chi connectivity index (χ0v) is 12.5. The van der Waals surface area contributed by atoms with Gasteiger partial charge in [-0.05, 0) is 67.2 Å². The minimum absolute atomic E-state index is 0.228. The minimum Gasteiger partial charge on any atom is -0.385 e. The van der Waals surface area contributed by atoms with E-state index in [9.17, 15) is 9.50 Å². The maximum Gasteiger partial charge on any atom is 0.123 e. The average molecular weight is 264 g/mol. The van der Waals surface area contributed by atoms with Gasteiger partial charge in [-0.2, -0.15) is 0 Å². The maximum atomic E-state index is 13.2. The molecule has 1 aromatic carbocycles. The zero-order chi connectivity index (χ0) is 14.3. The first-order valence-electron chi connectivity index (χ1n) is 7.21. The maximum absolute atomic E-state index is 13.2. The van der Waals surface area contributed by atoms with Crippen LogP contribution in [0.5, 0.6) is 0 Å². The smallest absolute Gasteiger partial charge is 0.123 e.